The molecule has 0 aromatic carbocycles. The van der Waals surface area contributed by atoms with Gasteiger partial charge in [0, 0.05) is 0 Å². The maximum atomic E-state index is 5.92. The lowest BCUT2D eigenvalue weighted by atomic mass is 9.88. The molecule has 3 atom stereocenters. The van der Waals surface area contributed by atoms with Crippen molar-refractivity contribution in [2.45, 2.75) is 58.2 Å². The van der Waals surface area contributed by atoms with E-state index in [2.05, 4.69) is 13.8 Å². The Morgan fingerprint density at radius 2 is 2.23 bits per heavy atom. The predicted molar refractivity (Wildman–Crippen MR) is 55.6 cm³/mol. The molecule has 1 aliphatic carbocycles. The van der Waals surface area contributed by atoms with E-state index in [9.17, 15) is 0 Å². The quantitative estimate of drug-likeness (QED) is 0.729. The van der Waals surface area contributed by atoms with E-state index in [1.54, 1.807) is 0 Å². The second-order valence-electron chi connectivity index (χ2n) is 4.42. The SMILES string of the molecule is CC1CCCC(OC(C)CCN)C1. The van der Waals surface area contributed by atoms with Gasteiger partial charge >= 0.3 is 0 Å². The normalized spacial score (nSPS) is 31.6. The highest BCUT2D eigenvalue weighted by Crippen LogP contribution is 2.26. The van der Waals surface area contributed by atoms with Crippen LogP contribution in [0.2, 0.25) is 0 Å². The molecule has 1 saturated carbocycles. The highest BCUT2D eigenvalue weighted by molar-refractivity contribution is 4.71. The molecule has 0 bridgehead atoms. The molecule has 0 aromatic heterocycles. The summed E-state index contributed by atoms with van der Waals surface area (Å²) in [5.41, 5.74) is 5.48. The van der Waals surface area contributed by atoms with Crippen LogP contribution in [0, 0.1) is 5.92 Å². The molecule has 1 fully saturated rings. The molecule has 0 aliphatic heterocycles. The highest BCUT2D eigenvalue weighted by atomic mass is 16.5. The van der Waals surface area contributed by atoms with Crippen LogP contribution in [0.3, 0.4) is 0 Å². The van der Waals surface area contributed by atoms with Gasteiger partial charge in [-0.05, 0) is 38.6 Å². The van der Waals surface area contributed by atoms with Crippen molar-refractivity contribution in [3.63, 3.8) is 0 Å². The summed E-state index contributed by atoms with van der Waals surface area (Å²) in [7, 11) is 0. The molecule has 0 amide bonds. The lowest BCUT2D eigenvalue weighted by Crippen LogP contribution is -2.26. The Labute approximate surface area is 81.8 Å². The van der Waals surface area contributed by atoms with Crippen LogP contribution in [0.25, 0.3) is 0 Å². The molecule has 2 nitrogen and oxygen atoms in total. The van der Waals surface area contributed by atoms with E-state index in [0.717, 1.165) is 18.9 Å². The zero-order valence-corrected chi connectivity index (χ0v) is 8.96. The summed E-state index contributed by atoms with van der Waals surface area (Å²) in [4.78, 5) is 0. The molecule has 3 unspecified atom stereocenters. The first-order chi connectivity index (χ1) is 6.22. The summed E-state index contributed by atoms with van der Waals surface area (Å²) in [5, 5.41) is 0. The van der Waals surface area contributed by atoms with Crippen LogP contribution in [0.15, 0.2) is 0 Å². The molecule has 2 N–H and O–H groups in total. The Morgan fingerprint density at radius 1 is 1.46 bits per heavy atom. The third-order valence-electron chi connectivity index (χ3n) is 2.89. The summed E-state index contributed by atoms with van der Waals surface area (Å²) in [5.74, 6) is 0.851. The van der Waals surface area contributed by atoms with E-state index >= 15 is 0 Å². The molecular formula is C11H23NO. The molecular weight excluding hydrogens is 162 g/mol. The average molecular weight is 185 g/mol. The minimum Gasteiger partial charge on any atom is -0.375 e. The van der Waals surface area contributed by atoms with Crippen molar-refractivity contribution >= 4 is 0 Å². The van der Waals surface area contributed by atoms with E-state index in [4.69, 9.17) is 10.5 Å². The smallest absolute Gasteiger partial charge is 0.0581 e. The molecule has 0 aromatic rings. The summed E-state index contributed by atoms with van der Waals surface area (Å²) in [6, 6.07) is 0. The summed E-state index contributed by atoms with van der Waals surface area (Å²) in [6.07, 6.45) is 7.05. The first-order valence-corrected chi connectivity index (χ1v) is 5.58. The molecule has 2 heteroatoms. The van der Waals surface area contributed by atoms with Crippen LogP contribution in [0.5, 0.6) is 0 Å². The van der Waals surface area contributed by atoms with Gasteiger partial charge in [0.25, 0.3) is 0 Å². The molecule has 78 valence electrons. The Balaban J connectivity index is 2.19. The Hall–Kier alpha value is -0.0800. The zero-order chi connectivity index (χ0) is 9.68. The van der Waals surface area contributed by atoms with Crippen molar-refractivity contribution in [1.29, 1.82) is 0 Å². The largest absolute Gasteiger partial charge is 0.375 e. The van der Waals surface area contributed by atoms with Gasteiger partial charge in [-0.25, -0.2) is 0 Å². The van der Waals surface area contributed by atoms with Gasteiger partial charge in [0.15, 0.2) is 0 Å². The fourth-order valence-electron chi connectivity index (χ4n) is 2.13. The lowest BCUT2D eigenvalue weighted by molar-refractivity contribution is -0.0323. The van der Waals surface area contributed by atoms with Gasteiger partial charge in [0.2, 0.25) is 0 Å². The van der Waals surface area contributed by atoms with Gasteiger partial charge in [-0.2, -0.15) is 0 Å². The van der Waals surface area contributed by atoms with Gasteiger partial charge in [-0.3, -0.25) is 0 Å². The molecule has 0 radical (unpaired) electrons. The monoisotopic (exact) mass is 185 g/mol. The number of rotatable bonds is 4. The topological polar surface area (TPSA) is 35.2 Å². The highest BCUT2D eigenvalue weighted by Gasteiger charge is 2.20. The first-order valence-electron chi connectivity index (χ1n) is 5.58. The molecule has 0 heterocycles. The minimum absolute atomic E-state index is 0.347. The fourth-order valence-corrected chi connectivity index (χ4v) is 2.13. The Kier molecular flexibility index (Phi) is 4.74. The van der Waals surface area contributed by atoms with Gasteiger partial charge in [-0.15, -0.1) is 0 Å². The average Bonchev–Trinajstić information content (AvgIpc) is 2.04. The van der Waals surface area contributed by atoms with E-state index < -0.39 is 0 Å². The summed E-state index contributed by atoms with van der Waals surface area (Å²) >= 11 is 0. The second-order valence-corrected chi connectivity index (χ2v) is 4.42. The van der Waals surface area contributed by atoms with Crippen molar-refractivity contribution < 1.29 is 4.74 Å². The van der Waals surface area contributed by atoms with Gasteiger partial charge in [0.05, 0.1) is 12.2 Å². The summed E-state index contributed by atoms with van der Waals surface area (Å²) < 4.78 is 5.92. The predicted octanol–water partition coefficient (Wildman–Crippen LogP) is 2.32. The third-order valence-corrected chi connectivity index (χ3v) is 2.89. The van der Waals surface area contributed by atoms with Crippen LogP contribution in [-0.2, 0) is 4.74 Å². The van der Waals surface area contributed by atoms with E-state index in [1.165, 1.54) is 25.7 Å². The van der Waals surface area contributed by atoms with Gasteiger partial charge in [0.1, 0.15) is 0 Å². The Bertz CT molecular complexity index is 138. The third kappa shape index (κ3) is 4.10. The zero-order valence-electron chi connectivity index (χ0n) is 8.96. The molecule has 1 rings (SSSR count). The van der Waals surface area contributed by atoms with Crippen molar-refractivity contribution in [3.05, 3.63) is 0 Å². The standard InChI is InChI=1S/C11H23NO/c1-9-4-3-5-11(8-9)13-10(2)6-7-12/h9-11H,3-8,12H2,1-2H3. The maximum Gasteiger partial charge on any atom is 0.0581 e. The lowest BCUT2D eigenvalue weighted by Gasteiger charge is -2.29. The number of hydrogen-bond donors (Lipinski definition) is 1. The van der Waals surface area contributed by atoms with Crippen molar-refractivity contribution in [2.75, 3.05) is 6.54 Å². The van der Waals surface area contributed by atoms with E-state index in [-0.39, 0.29) is 0 Å². The van der Waals surface area contributed by atoms with Crippen molar-refractivity contribution in [3.8, 4) is 0 Å². The minimum atomic E-state index is 0.347. The van der Waals surface area contributed by atoms with Crippen LogP contribution in [-0.4, -0.2) is 18.8 Å². The van der Waals surface area contributed by atoms with Crippen LogP contribution < -0.4 is 5.73 Å². The van der Waals surface area contributed by atoms with Crippen LogP contribution >= 0.6 is 0 Å². The number of ether oxygens (including phenoxy) is 1. The molecule has 13 heavy (non-hydrogen) atoms. The van der Waals surface area contributed by atoms with Crippen molar-refractivity contribution in [2.24, 2.45) is 11.7 Å². The van der Waals surface area contributed by atoms with Crippen LogP contribution in [0.4, 0.5) is 0 Å². The van der Waals surface area contributed by atoms with Gasteiger partial charge in [-0.1, -0.05) is 19.8 Å². The maximum absolute atomic E-state index is 5.92. The number of hydrogen-bond acceptors (Lipinski definition) is 2. The fraction of sp³-hybridized carbons (Fsp3) is 1.00. The first kappa shape index (κ1) is 11.0. The van der Waals surface area contributed by atoms with Crippen molar-refractivity contribution in [1.82, 2.24) is 0 Å². The summed E-state index contributed by atoms with van der Waals surface area (Å²) in [6.45, 7) is 5.19. The van der Waals surface area contributed by atoms with Gasteiger partial charge < -0.3 is 10.5 Å². The molecule has 0 spiro atoms. The van der Waals surface area contributed by atoms with E-state index in [0.29, 0.717) is 12.2 Å². The second kappa shape index (κ2) is 5.61. The number of nitrogens with two attached hydrogens (primary N) is 1. The molecule has 0 saturated heterocycles. The van der Waals surface area contributed by atoms with Crippen LogP contribution in [0.1, 0.15) is 46.0 Å². The van der Waals surface area contributed by atoms with E-state index in [1.807, 2.05) is 0 Å². The molecule has 1 aliphatic rings. The Morgan fingerprint density at radius 3 is 2.85 bits per heavy atom.